The average molecular weight is 419 g/mol. The number of carbonyl (C=O) groups excluding carboxylic acids is 1. The molecule has 0 bridgehead atoms. The van der Waals surface area contributed by atoms with Crippen LogP contribution in [0.2, 0.25) is 5.02 Å². The Bertz CT molecular complexity index is 854. The molecule has 4 nitrogen and oxygen atoms in total. The molecule has 0 radical (unpaired) electrons. The molecule has 1 aliphatic heterocycles. The Morgan fingerprint density at radius 1 is 1.21 bits per heavy atom. The fourth-order valence-electron chi connectivity index (χ4n) is 3.77. The van der Waals surface area contributed by atoms with Crippen molar-refractivity contribution in [1.29, 1.82) is 0 Å². The first-order valence-electron chi connectivity index (χ1n) is 9.81. The summed E-state index contributed by atoms with van der Waals surface area (Å²) in [6.45, 7) is 7.71. The van der Waals surface area contributed by atoms with Gasteiger partial charge in [0.1, 0.15) is 11.4 Å². The molecule has 0 aromatic heterocycles. The molecule has 29 heavy (non-hydrogen) atoms. The lowest BCUT2D eigenvalue weighted by Gasteiger charge is -2.31. The summed E-state index contributed by atoms with van der Waals surface area (Å²) in [5.74, 6) is -0.479. The van der Waals surface area contributed by atoms with E-state index in [9.17, 15) is 9.18 Å². The van der Waals surface area contributed by atoms with Crippen molar-refractivity contribution < 1.29 is 13.9 Å². The van der Waals surface area contributed by atoms with Crippen molar-refractivity contribution in [1.82, 2.24) is 9.80 Å². The van der Waals surface area contributed by atoms with Crippen LogP contribution in [0.5, 0.6) is 0 Å². The third-order valence-electron chi connectivity index (χ3n) is 5.16. The van der Waals surface area contributed by atoms with E-state index in [0.717, 1.165) is 12.1 Å². The molecule has 1 amide bonds. The van der Waals surface area contributed by atoms with E-state index < -0.39 is 11.4 Å². The summed E-state index contributed by atoms with van der Waals surface area (Å²) in [4.78, 5) is 16.6. The number of amides is 1. The average Bonchev–Trinajstić information content (AvgIpc) is 3.06. The second-order valence-electron chi connectivity index (χ2n) is 8.62. The van der Waals surface area contributed by atoms with Gasteiger partial charge >= 0.3 is 6.09 Å². The van der Waals surface area contributed by atoms with Crippen LogP contribution in [0.4, 0.5) is 9.18 Å². The normalized spacial score (nSPS) is 19.9. The van der Waals surface area contributed by atoms with Crippen LogP contribution < -0.4 is 0 Å². The molecule has 2 aromatic rings. The summed E-state index contributed by atoms with van der Waals surface area (Å²) in [5, 5.41) is 0.102. The quantitative estimate of drug-likeness (QED) is 0.674. The number of benzene rings is 2. The van der Waals surface area contributed by atoms with E-state index in [1.807, 2.05) is 45.0 Å². The molecule has 0 unspecified atom stereocenters. The zero-order chi connectivity index (χ0) is 21.2. The SMILES string of the molecule is CN(C(=O)OC(C)(C)C)[C@@H]1CN(Cc2ccccc2)C[C@H]1c1ccc(Cl)c(F)c1. The largest absolute Gasteiger partial charge is 0.444 e. The first kappa shape index (κ1) is 21.6. The van der Waals surface area contributed by atoms with Crippen molar-refractivity contribution in [3.63, 3.8) is 0 Å². The Kier molecular flexibility index (Phi) is 6.49. The molecule has 0 saturated carbocycles. The Balaban J connectivity index is 1.84. The molecular weight excluding hydrogens is 391 g/mol. The van der Waals surface area contributed by atoms with Crippen LogP contribution >= 0.6 is 11.6 Å². The fraction of sp³-hybridized carbons (Fsp3) is 0.435. The number of likely N-dealkylation sites (N-methyl/N-ethyl adjacent to an activating group) is 1. The highest BCUT2D eigenvalue weighted by Gasteiger charge is 2.39. The van der Waals surface area contributed by atoms with Crippen molar-refractivity contribution in [2.24, 2.45) is 0 Å². The predicted molar refractivity (Wildman–Crippen MR) is 114 cm³/mol. The van der Waals surface area contributed by atoms with Gasteiger partial charge < -0.3 is 9.64 Å². The number of carbonyl (C=O) groups is 1. The molecule has 1 heterocycles. The van der Waals surface area contributed by atoms with Crippen molar-refractivity contribution >= 4 is 17.7 Å². The topological polar surface area (TPSA) is 32.8 Å². The maximum atomic E-state index is 14.1. The van der Waals surface area contributed by atoms with Crippen molar-refractivity contribution in [2.45, 2.75) is 44.9 Å². The third kappa shape index (κ3) is 5.49. The van der Waals surface area contributed by atoms with Gasteiger partial charge in [0.05, 0.1) is 11.1 Å². The highest BCUT2D eigenvalue weighted by Crippen LogP contribution is 2.33. The Hall–Kier alpha value is -2.11. The number of likely N-dealkylation sites (tertiary alicyclic amines) is 1. The van der Waals surface area contributed by atoms with Gasteiger partial charge in [0, 0.05) is 32.6 Å². The van der Waals surface area contributed by atoms with Crippen LogP contribution in [0, 0.1) is 5.82 Å². The maximum absolute atomic E-state index is 14.1. The van der Waals surface area contributed by atoms with Gasteiger partial charge in [-0.1, -0.05) is 48.0 Å². The van der Waals surface area contributed by atoms with Crippen molar-refractivity contribution in [3.05, 3.63) is 70.5 Å². The van der Waals surface area contributed by atoms with Crippen LogP contribution in [0.25, 0.3) is 0 Å². The van der Waals surface area contributed by atoms with E-state index >= 15 is 0 Å². The summed E-state index contributed by atoms with van der Waals surface area (Å²) in [6, 6.07) is 15.0. The zero-order valence-electron chi connectivity index (χ0n) is 17.4. The molecule has 0 spiro atoms. The minimum absolute atomic E-state index is 0.0389. The molecule has 1 saturated heterocycles. The molecule has 0 aliphatic carbocycles. The lowest BCUT2D eigenvalue weighted by molar-refractivity contribution is 0.0216. The number of rotatable bonds is 4. The third-order valence-corrected chi connectivity index (χ3v) is 5.47. The number of hydrogen-bond acceptors (Lipinski definition) is 3. The van der Waals surface area contributed by atoms with E-state index in [4.69, 9.17) is 16.3 Å². The number of nitrogens with zero attached hydrogens (tertiary/aromatic N) is 2. The highest BCUT2D eigenvalue weighted by atomic mass is 35.5. The van der Waals surface area contributed by atoms with Gasteiger partial charge in [-0.3, -0.25) is 4.90 Å². The van der Waals surface area contributed by atoms with Crippen molar-refractivity contribution in [3.8, 4) is 0 Å². The number of halogens is 2. The van der Waals surface area contributed by atoms with Crippen LogP contribution in [0.1, 0.15) is 37.8 Å². The minimum atomic E-state index is -0.574. The lowest BCUT2D eigenvalue weighted by Crippen LogP contribution is -2.44. The van der Waals surface area contributed by atoms with Crippen LogP contribution in [0.15, 0.2) is 48.5 Å². The van der Waals surface area contributed by atoms with E-state index in [0.29, 0.717) is 13.1 Å². The maximum Gasteiger partial charge on any atom is 0.410 e. The molecule has 2 atom stereocenters. The molecule has 3 rings (SSSR count). The first-order chi connectivity index (χ1) is 13.6. The number of hydrogen-bond donors (Lipinski definition) is 0. The number of ether oxygens (including phenoxy) is 1. The van der Waals surface area contributed by atoms with Gasteiger partial charge in [-0.2, -0.15) is 0 Å². The summed E-state index contributed by atoms with van der Waals surface area (Å²) in [7, 11) is 1.75. The highest BCUT2D eigenvalue weighted by molar-refractivity contribution is 6.30. The molecule has 156 valence electrons. The lowest BCUT2D eigenvalue weighted by atomic mass is 9.93. The van der Waals surface area contributed by atoms with E-state index in [-0.39, 0.29) is 23.1 Å². The van der Waals surface area contributed by atoms with Gasteiger partial charge in [-0.15, -0.1) is 0 Å². The van der Waals surface area contributed by atoms with E-state index in [2.05, 4.69) is 17.0 Å². The predicted octanol–water partition coefficient (Wildman–Crippen LogP) is 5.31. The van der Waals surface area contributed by atoms with Gasteiger partial charge in [0.15, 0.2) is 0 Å². The summed E-state index contributed by atoms with van der Waals surface area (Å²) in [6.07, 6.45) is -0.372. The summed E-state index contributed by atoms with van der Waals surface area (Å²) >= 11 is 5.88. The van der Waals surface area contributed by atoms with Crippen LogP contribution in [-0.2, 0) is 11.3 Å². The van der Waals surface area contributed by atoms with Gasteiger partial charge in [0.2, 0.25) is 0 Å². The molecule has 6 heteroatoms. The van der Waals surface area contributed by atoms with E-state index in [1.54, 1.807) is 18.0 Å². The van der Waals surface area contributed by atoms with Gasteiger partial charge in [-0.25, -0.2) is 9.18 Å². The van der Waals surface area contributed by atoms with Crippen LogP contribution in [-0.4, -0.2) is 47.7 Å². The fourth-order valence-corrected chi connectivity index (χ4v) is 3.89. The second-order valence-corrected chi connectivity index (χ2v) is 9.03. The Labute approximate surface area is 177 Å². The van der Waals surface area contributed by atoms with Crippen molar-refractivity contribution in [2.75, 3.05) is 20.1 Å². The zero-order valence-corrected chi connectivity index (χ0v) is 18.1. The molecule has 1 fully saturated rings. The Morgan fingerprint density at radius 3 is 2.52 bits per heavy atom. The second kappa shape index (κ2) is 8.72. The first-order valence-corrected chi connectivity index (χ1v) is 10.2. The molecule has 2 aromatic carbocycles. The summed E-state index contributed by atoms with van der Waals surface area (Å²) in [5.41, 5.74) is 1.47. The molecule has 1 aliphatic rings. The smallest absolute Gasteiger partial charge is 0.410 e. The van der Waals surface area contributed by atoms with Gasteiger partial charge in [0.25, 0.3) is 0 Å². The Morgan fingerprint density at radius 2 is 1.90 bits per heavy atom. The van der Waals surface area contributed by atoms with E-state index in [1.165, 1.54) is 11.6 Å². The molecular formula is C23H28ClFN2O2. The minimum Gasteiger partial charge on any atom is -0.444 e. The van der Waals surface area contributed by atoms with Gasteiger partial charge in [-0.05, 0) is 44.0 Å². The van der Waals surface area contributed by atoms with Crippen LogP contribution in [0.3, 0.4) is 0 Å². The molecule has 0 N–H and O–H groups in total. The monoisotopic (exact) mass is 418 g/mol. The summed E-state index contributed by atoms with van der Waals surface area (Å²) < 4.78 is 19.7. The standard InChI is InChI=1S/C23H28ClFN2O2/c1-23(2,3)29-22(28)26(4)21-15-27(13-16-8-6-5-7-9-16)14-18(21)17-10-11-19(24)20(25)12-17/h5-12,18,21H,13-15H2,1-4H3/t18-,21+/m0/s1.